The first kappa shape index (κ1) is 16.1. The van der Waals surface area contributed by atoms with Gasteiger partial charge in [-0.2, -0.15) is 0 Å². The Morgan fingerprint density at radius 3 is 2.37 bits per heavy atom. The van der Waals surface area contributed by atoms with E-state index >= 15 is 0 Å². The first-order valence-corrected chi connectivity index (χ1v) is 7.16. The van der Waals surface area contributed by atoms with Crippen LogP contribution in [0.15, 0.2) is 12.1 Å². The molecule has 0 bridgehead atoms. The molecular formula is C16H26FNO. The highest BCUT2D eigenvalue weighted by Gasteiger charge is 2.25. The van der Waals surface area contributed by atoms with E-state index < -0.39 is 0 Å². The van der Waals surface area contributed by atoms with Crippen LogP contribution >= 0.6 is 0 Å². The van der Waals surface area contributed by atoms with Gasteiger partial charge in [-0.25, -0.2) is 4.39 Å². The summed E-state index contributed by atoms with van der Waals surface area (Å²) < 4.78 is 20.1. The zero-order valence-corrected chi connectivity index (χ0v) is 12.7. The molecule has 1 aromatic rings. The lowest BCUT2D eigenvalue weighted by molar-refractivity contribution is 0.0307. The Morgan fingerprint density at radius 1 is 1.21 bits per heavy atom. The fourth-order valence-electron chi connectivity index (χ4n) is 2.62. The third-order valence-electron chi connectivity index (χ3n) is 3.37. The SMILES string of the molecule is CCNC(c1c(C)cc(C)cc1F)C(CC)OCC. The standard InChI is InChI=1S/C16H26FNO/c1-6-14(19-8-3)16(18-7-2)15-12(5)9-11(4)10-13(15)17/h9-10,14,16,18H,6-8H2,1-5H3. The van der Waals surface area contributed by atoms with Crippen LogP contribution in [-0.2, 0) is 4.74 Å². The highest BCUT2D eigenvalue weighted by atomic mass is 19.1. The van der Waals surface area contributed by atoms with Crippen molar-refractivity contribution in [2.75, 3.05) is 13.2 Å². The van der Waals surface area contributed by atoms with Crippen molar-refractivity contribution < 1.29 is 9.13 Å². The summed E-state index contributed by atoms with van der Waals surface area (Å²) in [7, 11) is 0. The van der Waals surface area contributed by atoms with E-state index in [1.165, 1.54) is 0 Å². The zero-order valence-electron chi connectivity index (χ0n) is 12.7. The summed E-state index contributed by atoms with van der Waals surface area (Å²) in [5, 5.41) is 3.37. The number of hydrogen-bond donors (Lipinski definition) is 1. The zero-order chi connectivity index (χ0) is 14.4. The van der Waals surface area contributed by atoms with Crippen LogP contribution in [0.4, 0.5) is 4.39 Å². The first-order chi connectivity index (χ1) is 9.04. The molecule has 1 rings (SSSR count). The molecule has 3 heteroatoms. The van der Waals surface area contributed by atoms with E-state index in [2.05, 4.69) is 12.2 Å². The maximum absolute atomic E-state index is 14.3. The summed E-state index contributed by atoms with van der Waals surface area (Å²) in [6.45, 7) is 11.4. The minimum atomic E-state index is -0.137. The van der Waals surface area contributed by atoms with Gasteiger partial charge in [0.25, 0.3) is 0 Å². The summed E-state index contributed by atoms with van der Waals surface area (Å²) in [6, 6.07) is 3.54. The largest absolute Gasteiger partial charge is 0.377 e. The molecule has 2 unspecified atom stereocenters. The normalized spacial score (nSPS) is 14.4. The van der Waals surface area contributed by atoms with Gasteiger partial charge in [-0.05, 0) is 50.9 Å². The Morgan fingerprint density at radius 2 is 1.89 bits per heavy atom. The average molecular weight is 267 g/mol. The van der Waals surface area contributed by atoms with Gasteiger partial charge in [0.1, 0.15) is 5.82 Å². The molecule has 0 aliphatic rings. The van der Waals surface area contributed by atoms with Gasteiger partial charge in [0.2, 0.25) is 0 Å². The molecule has 2 atom stereocenters. The molecule has 0 fully saturated rings. The molecule has 0 aliphatic carbocycles. The average Bonchev–Trinajstić information content (AvgIpc) is 2.34. The molecule has 2 nitrogen and oxygen atoms in total. The van der Waals surface area contributed by atoms with E-state index in [1.54, 1.807) is 6.07 Å². The van der Waals surface area contributed by atoms with Crippen molar-refractivity contribution >= 4 is 0 Å². The molecule has 0 saturated carbocycles. The van der Waals surface area contributed by atoms with E-state index in [-0.39, 0.29) is 18.0 Å². The second-order valence-corrected chi connectivity index (χ2v) is 4.91. The number of nitrogens with one attached hydrogen (secondary N) is 1. The Balaban J connectivity index is 3.17. The summed E-state index contributed by atoms with van der Waals surface area (Å²) in [5.41, 5.74) is 2.69. The monoisotopic (exact) mass is 267 g/mol. The Bertz CT molecular complexity index is 383. The van der Waals surface area contributed by atoms with Gasteiger partial charge in [0.05, 0.1) is 12.1 Å². The first-order valence-electron chi connectivity index (χ1n) is 7.16. The van der Waals surface area contributed by atoms with Crippen molar-refractivity contribution in [3.63, 3.8) is 0 Å². The lowest BCUT2D eigenvalue weighted by Gasteiger charge is -2.29. The number of ether oxygens (including phenoxy) is 1. The second-order valence-electron chi connectivity index (χ2n) is 4.91. The van der Waals surface area contributed by atoms with Crippen molar-refractivity contribution in [1.29, 1.82) is 0 Å². The van der Waals surface area contributed by atoms with Gasteiger partial charge in [-0.15, -0.1) is 0 Å². The van der Waals surface area contributed by atoms with Gasteiger partial charge in [0.15, 0.2) is 0 Å². The van der Waals surface area contributed by atoms with E-state index in [1.807, 2.05) is 33.8 Å². The van der Waals surface area contributed by atoms with Crippen molar-refractivity contribution in [1.82, 2.24) is 5.32 Å². The van der Waals surface area contributed by atoms with Crippen LogP contribution in [0.2, 0.25) is 0 Å². The molecule has 1 aromatic carbocycles. The van der Waals surface area contributed by atoms with Crippen molar-refractivity contribution in [3.8, 4) is 0 Å². The van der Waals surface area contributed by atoms with Crippen molar-refractivity contribution in [2.24, 2.45) is 0 Å². The molecule has 0 aliphatic heterocycles. The summed E-state index contributed by atoms with van der Waals surface area (Å²) >= 11 is 0. The van der Waals surface area contributed by atoms with Gasteiger partial charge in [-0.1, -0.05) is 19.9 Å². The van der Waals surface area contributed by atoms with Gasteiger partial charge < -0.3 is 10.1 Å². The summed E-state index contributed by atoms with van der Waals surface area (Å²) in [6.07, 6.45) is 0.860. The van der Waals surface area contributed by atoms with Crippen LogP contribution in [0.1, 0.15) is 49.9 Å². The molecule has 0 heterocycles. The molecule has 19 heavy (non-hydrogen) atoms. The van der Waals surface area contributed by atoms with E-state index in [4.69, 9.17) is 4.74 Å². The third-order valence-corrected chi connectivity index (χ3v) is 3.37. The number of hydrogen-bond acceptors (Lipinski definition) is 2. The fraction of sp³-hybridized carbons (Fsp3) is 0.625. The fourth-order valence-corrected chi connectivity index (χ4v) is 2.62. The molecule has 0 aromatic heterocycles. The number of rotatable bonds is 7. The molecule has 0 radical (unpaired) electrons. The quantitative estimate of drug-likeness (QED) is 0.808. The van der Waals surface area contributed by atoms with E-state index in [0.717, 1.165) is 29.7 Å². The second kappa shape index (κ2) is 7.61. The van der Waals surface area contributed by atoms with E-state index in [0.29, 0.717) is 6.61 Å². The van der Waals surface area contributed by atoms with Crippen LogP contribution < -0.4 is 5.32 Å². The minimum absolute atomic E-state index is 0.000793. The molecule has 0 saturated heterocycles. The number of likely N-dealkylation sites (N-methyl/N-ethyl adjacent to an activating group) is 1. The van der Waals surface area contributed by atoms with Gasteiger partial charge >= 0.3 is 0 Å². The highest BCUT2D eigenvalue weighted by Crippen LogP contribution is 2.28. The maximum atomic E-state index is 14.3. The predicted octanol–water partition coefficient (Wildman–Crippen LogP) is 3.91. The van der Waals surface area contributed by atoms with Gasteiger partial charge in [0, 0.05) is 12.2 Å². The predicted molar refractivity (Wildman–Crippen MR) is 78.0 cm³/mol. The maximum Gasteiger partial charge on any atom is 0.128 e. The lowest BCUT2D eigenvalue weighted by Crippen LogP contribution is -2.34. The Hall–Kier alpha value is -0.930. The molecular weight excluding hydrogens is 241 g/mol. The molecule has 0 amide bonds. The number of halogens is 1. The smallest absolute Gasteiger partial charge is 0.128 e. The van der Waals surface area contributed by atoms with E-state index in [9.17, 15) is 4.39 Å². The molecule has 0 spiro atoms. The summed E-state index contributed by atoms with van der Waals surface area (Å²) in [4.78, 5) is 0. The van der Waals surface area contributed by atoms with Crippen LogP contribution in [-0.4, -0.2) is 19.3 Å². The van der Waals surface area contributed by atoms with Crippen LogP contribution in [0.25, 0.3) is 0 Å². The molecule has 108 valence electrons. The minimum Gasteiger partial charge on any atom is -0.377 e. The number of aryl methyl sites for hydroxylation is 2. The lowest BCUT2D eigenvalue weighted by atomic mass is 9.93. The Labute approximate surface area is 116 Å². The summed E-state index contributed by atoms with van der Waals surface area (Å²) in [5.74, 6) is -0.137. The Kier molecular flexibility index (Phi) is 6.46. The van der Waals surface area contributed by atoms with Crippen molar-refractivity contribution in [2.45, 2.75) is 53.2 Å². The van der Waals surface area contributed by atoms with Crippen LogP contribution in [0.3, 0.4) is 0 Å². The van der Waals surface area contributed by atoms with Crippen LogP contribution in [0, 0.1) is 19.7 Å². The third kappa shape index (κ3) is 4.02. The molecule has 1 N–H and O–H groups in total. The number of benzene rings is 1. The van der Waals surface area contributed by atoms with Crippen LogP contribution in [0.5, 0.6) is 0 Å². The van der Waals surface area contributed by atoms with Crippen molar-refractivity contribution in [3.05, 3.63) is 34.6 Å². The topological polar surface area (TPSA) is 21.3 Å². The highest BCUT2D eigenvalue weighted by molar-refractivity contribution is 5.35. The van der Waals surface area contributed by atoms with Gasteiger partial charge in [-0.3, -0.25) is 0 Å².